The minimum absolute atomic E-state index is 0.119. The Morgan fingerprint density at radius 3 is 2.50 bits per heavy atom. The van der Waals surface area contributed by atoms with Gasteiger partial charge >= 0.3 is 6.18 Å². The molecular weight excluding hydrogens is 424 g/mol. The third-order valence-electron chi connectivity index (χ3n) is 5.99. The first-order valence-electron chi connectivity index (χ1n) is 10.5. The zero-order chi connectivity index (χ0) is 23.2. The number of carbonyl (C=O) groups excluding carboxylic acids is 1. The number of hydrogen-bond acceptors (Lipinski definition) is 2. The Bertz CT molecular complexity index is 1130. The van der Waals surface area contributed by atoms with Crippen LogP contribution in [0.25, 0.3) is 5.69 Å². The molecule has 0 N–H and O–H groups in total. The maximum absolute atomic E-state index is 13.6. The first kappa shape index (κ1) is 22.1. The summed E-state index contributed by atoms with van der Waals surface area (Å²) in [5.74, 6) is -0.628. The number of amides is 1. The molecule has 0 bridgehead atoms. The van der Waals surface area contributed by atoms with Gasteiger partial charge in [-0.15, -0.1) is 0 Å². The quantitative estimate of drug-likeness (QED) is 0.498. The van der Waals surface area contributed by atoms with Crippen LogP contribution in [-0.4, -0.2) is 26.3 Å². The highest BCUT2D eigenvalue weighted by Crippen LogP contribution is 2.36. The predicted molar refractivity (Wildman–Crippen MR) is 112 cm³/mol. The Balaban J connectivity index is 1.71. The molecular formula is C23H24F4N4O. The number of halogens is 4. The Labute approximate surface area is 183 Å². The molecule has 1 aliphatic rings. The van der Waals surface area contributed by atoms with Crippen LogP contribution >= 0.6 is 0 Å². The molecule has 0 spiro atoms. The summed E-state index contributed by atoms with van der Waals surface area (Å²) in [7, 11) is 0. The molecule has 3 aromatic rings. The Kier molecular flexibility index (Phi) is 5.60. The van der Waals surface area contributed by atoms with E-state index in [0.717, 1.165) is 29.6 Å². The van der Waals surface area contributed by atoms with Gasteiger partial charge in [-0.05, 0) is 69.5 Å². The van der Waals surface area contributed by atoms with Gasteiger partial charge in [0.2, 0.25) is 0 Å². The summed E-state index contributed by atoms with van der Waals surface area (Å²) in [5, 5.41) is 3.71. The van der Waals surface area contributed by atoms with Crippen molar-refractivity contribution in [3.05, 3.63) is 65.5 Å². The van der Waals surface area contributed by atoms with E-state index in [0.29, 0.717) is 12.8 Å². The van der Waals surface area contributed by atoms with Gasteiger partial charge in [0.1, 0.15) is 11.9 Å². The summed E-state index contributed by atoms with van der Waals surface area (Å²) in [6.45, 7) is 5.21. The van der Waals surface area contributed by atoms with E-state index in [2.05, 4.69) is 5.10 Å². The van der Waals surface area contributed by atoms with Gasteiger partial charge in [-0.3, -0.25) is 9.48 Å². The molecule has 2 aromatic heterocycles. The lowest BCUT2D eigenvalue weighted by molar-refractivity contribution is -0.142. The molecule has 0 radical (unpaired) electrons. The summed E-state index contributed by atoms with van der Waals surface area (Å²) in [4.78, 5) is 15.3. The SMILES string of the molecule is CCC(C(=O)N1c2ccn(-c3ccc(F)cc3)c2CCC1C)n1nc(C(F)(F)F)cc1C. The lowest BCUT2D eigenvalue weighted by Gasteiger charge is -2.36. The van der Waals surface area contributed by atoms with Gasteiger partial charge in [0, 0.05) is 29.3 Å². The van der Waals surface area contributed by atoms with Crippen molar-refractivity contribution in [1.82, 2.24) is 14.3 Å². The van der Waals surface area contributed by atoms with E-state index in [9.17, 15) is 22.4 Å². The lowest BCUT2D eigenvalue weighted by atomic mass is 10.00. The summed E-state index contributed by atoms with van der Waals surface area (Å²) >= 11 is 0. The molecule has 32 heavy (non-hydrogen) atoms. The molecule has 5 nitrogen and oxygen atoms in total. The molecule has 1 aromatic carbocycles. The second-order valence-electron chi connectivity index (χ2n) is 8.13. The van der Waals surface area contributed by atoms with Gasteiger partial charge in [-0.1, -0.05) is 6.92 Å². The number of carbonyl (C=O) groups is 1. The van der Waals surface area contributed by atoms with Crippen LogP contribution in [0.5, 0.6) is 0 Å². The number of aryl methyl sites for hydroxylation is 1. The largest absolute Gasteiger partial charge is 0.435 e. The summed E-state index contributed by atoms with van der Waals surface area (Å²) < 4.78 is 55.9. The number of hydrogen-bond donors (Lipinski definition) is 0. The normalized spacial score (nSPS) is 17.3. The predicted octanol–water partition coefficient (Wildman–Crippen LogP) is 5.46. The van der Waals surface area contributed by atoms with E-state index < -0.39 is 17.9 Å². The number of benzene rings is 1. The summed E-state index contributed by atoms with van der Waals surface area (Å²) in [5.41, 5.74) is 1.69. The van der Waals surface area contributed by atoms with Crippen molar-refractivity contribution >= 4 is 11.6 Å². The van der Waals surface area contributed by atoms with Gasteiger partial charge < -0.3 is 9.47 Å². The molecule has 0 aliphatic carbocycles. The van der Waals surface area contributed by atoms with Crippen molar-refractivity contribution in [3.63, 3.8) is 0 Å². The van der Waals surface area contributed by atoms with E-state index in [1.807, 2.05) is 23.8 Å². The fraction of sp³-hybridized carbons (Fsp3) is 0.391. The van der Waals surface area contributed by atoms with E-state index in [-0.39, 0.29) is 23.5 Å². The van der Waals surface area contributed by atoms with Gasteiger partial charge in [-0.25, -0.2) is 4.39 Å². The third-order valence-corrected chi connectivity index (χ3v) is 5.99. The molecule has 3 heterocycles. The molecule has 170 valence electrons. The van der Waals surface area contributed by atoms with Crippen molar-refractivity contribution < 1.29 is 22.4 Å². The van der Waals surface area contributed by atoms with Gasteiger partial charge in [-0.2, -0.15) is 18.3 Å². The summed E-state index contributed by atoms with van der Waals surface area (Å²) in [6, 6.07) is 7.91. The number of fused-ring (bicyclic) bond motifs is 1. The zero-order valence-electron chi connectivity index (χ0n) is 18.0. The second kappa shape index (κ2) is 8.11. The van der Waals surface area contributed by atoms with E-state index in [1.54, 1.807) is 24.0 Å². The van der Waals surface area contributed by atoms with Crippen LogP contribution in [0, 0.1) is 12.7 Å². The van der Waals surface area contributed by atoms with Crippen LogP contribution in [0.3, 0.4) is 0 Å². The van der Waals surface area contributed by atoms with Crippen molar-refractivity contribution in [2.24, 2.45) is 0 Å². The second-order valence-corrected chi connectivity index (χ2v) is 8.13. The first-order chi connectivity index (χ1) is 15.1. The minimum Gasteiger partial charge on any atom is -0.319 e. The molecule has 2 atom stereocenters. The molecule has 1 aliphatic heterocycles. The van der Waals surface area contributed by atoms with E-state index >= 15 is 0 Å². The Morgan fingerprint density at radius 1 is 1.22 bits per heavy atom. The lowest BCUT2D eigenvalue weighted by Crippen LogP contribution is -2.46. The topological polar surface area (TPSA) is 43.1 Å². The monoisotopic (exact) mass is 448 g/mol. The molecule has 9 heteroatoms. The standard InChI is InChI=1S/C23H24F4N4O/c1-4-18(31-15(3)13-21(28-31)23(25,26)27)22(32)30-14(2)5-10-19-20(30)11-12-29(19)17-8-6-16(24)7-9-17/h6-9,11-14,18H,4-5,10H2,1-3H3. The first-order valence-corrected chi connectivity index (χ1v) is 10.5. The maximum atomic E-state index is 13.6. The van der Waals surface area contributed by atoms with Crippen molar-refractivity contribution in [3.8, 4) is 5.69 Å². The van der Waals surface area contributed by atoms with E-state index in [4.69, 9.17) is 0 Å². The number of anilines is 1. The number of aromatic nitrogens is 3. The van der Waals surface area contributed by atoms with Crippen LogP contribution < -0.4 is 4.90 Å². The average molecular weight is 448 g/mol. The van der Waals surface area contributed by atoms with Crippen LogP contribution in [0.1, 0.15) is 49.8 Å². The van der Waals surface area contributed by atoms with Gasteiger partial charge in [0.15, 0.2) is 5.69 Å². The molecule has 0 fully saturated rings. The molecule has 2 unspecified atom stereocenters. The number of nitrogens with zero attached hydrogens (tertiary/aromatic N) is 4. The van der Waals surface area contributed by atoms with Crippen molar-refractivity contribution in [1.29, 1.82) is 0 Å². The Hall–Kier alpha value is -3.10. The average Bonchev–Trinajstić information content (AvgIpc) is 3.33. The van der Waals surface area contributed by atoms with Crippen LogP contribution in [0.4, 0.5) is 23.2 Å². The molecule has 4 rings (SSSR count). The Morgan fingerprint density at radius 2 is 1.91 bits per heavy atom. The molecule has 1 amide bonds. The fourth-order valence-electron chi connectivity index (χ4n) is 4.37. The highest BCUT2D eigenvalue weighted by molar-refractivity contribution is 5.97. The fourth-order valence-corrected chi connectivity index (χ4v) is 4.37. The van der Waals surface area contributed by atoms with Crippen molar-refractivity contribution in [2.45, 2.75) is 58.3 Å². The van der Waals surface area contributed by atoms with Crippen LogP contribution in [0.2, 0.25) is 0 Å². The molecule has 0 saturated carbocycles. The van der Waals surface area contributed by atoms with Gasteiger partial charge in [0.25, 0.3) is 5.91 Å². The number of rotatable bonds is 4. The number of alkyl halides is 3. The summed E-state index contributed by atoms with van der Waals surface area (Å²) in [6.07, 6.45) is -1.02. The van der Waals surface area contributed by atoms with E-state index in [1.165, 1.54) is 23.7 Å². The smallest absolute Gasteiger partial charge is 0.319 e. The maximum Gasteiger partial charge on any atom is 0.435 e. The molecule has 0 saturated heterocycles. The minimum atomic E-state index is -4.57. The van der Waals surface area contributed by atoms with Crippen molar-refractivity contribution in [2.75, 3.05) is 4.90 Å². The van der Waals surface area contributed by atoms with Gasteiger partial charge in [0.05, 0.1) is 5.69 Å². The zero-order valence-corrected chi connectivity index (χ0v) is 18.0. The third kappa shape index (κ3) is 3.80. The van der Waals surface area contributed by atoms with Crippen LogP contribution in [-0.2, 0) is 17.4 Å². The highest BCUT2D eigenvalue weighted by Gasteiger charge is 2.38. The highest BCUT2D eigenvalue weighted by atomic mass is 19.4. The van der Waals surface area contributed by atoms with Crippen LogP contribution in [0.15, 0.2) is 42.6 Å².